The van der Waals surface area contributed by atoms with Gasteiger partial charge in [0, 0.05) is 88.4 Å². The highest BCUT2D eigenvalue weighted by atomic mass is 19.1. The van der Waals surface area contributed by atoms with E-state index in [1.165, 1.54) is 75.4 Å². The molecule has 19 heteroatoms. The molecule has 0 atom stereocenters. The largest absolute Gasteiger partial charge is 0.478 e. The molecule has 17 nitrogen and oxygen atoms in total. The first kappa shape index (κ1) is 42.6. The van der Waals surface area contributed by atoms with Gasteiger partial charge in [-0.15, -0.1) is 0 Å². The standard InChI is InChI=1S/C20H18FN5O3.C19H16FN5O3.C4H8O/c1-24-11-22-17-14(20(28)29-3)10-26(19(27)18(17)24)9-13-5-4-12(8-15(13)21)16-6-7-25(2)23-16;1-23-10-21-16-13(19(27)28)9-25(18(26)17(16)23)8-12-4-3-11(7-14(12)20)15-5-6-24(2)22-15;1-2-4-5-3-1/h4-8,10-11H,9H2,1-3H3;3-7,9-10H,8H2,1-2H3,(H,27,28);1-4H2. The lowest BCUT2D eigenvalue weighted by Gasteiger charge is -2.11. The van der Waals surface area contributed by atoms with E-state index in [2.05, 4.69) is 20.2 Å². The van der Waals surface area contributed by atoms with Gasteiger partial charge < -0.3 is 32.8 Å². The number of carbonyl (C=O) groups is 2. The van der Waals surface area contributed by atoms with Crippen molar-refractivity contribution in [2.45, 2.75) is 25.9 Å². The number of carboxylic acids is 1. The summed E-state index contributed by atoms with van der Waals surface area (Å²) in [6.45, 7) is 1.85. The number of imidazole rings is 2. The van der Waals surface area contributed by atoms with E-state index in [1.54, 1.807) is 86.3 Å². The van der Waals surface area contributed by atoms with Gasteiger partial charge in [0.25, 0.3) is 11.1 Å². The summed E-state index contributed by atoms with van der Waals surface area (Å²) in [5.41, 5.74) is 3.11. The summed E-state index contributed by atoms with van der Waals surface area (Å²) in [5, 5.41) is 17.9. The van der Waals surface area contributed by atoms with Gasteiger partial charge in [-0.2, -0.15) is 10.2 Å². The van der Waals surface area contributed by atoms with Gasteiger partial charge in [-0.3, -0.25) is 19.0 Å². The van der Waals surface area contributed by atoms with Crippen LogP contribution in [0.25, 0.3) is 44.6 Å². The predicted octanol–water partition coefficient (Wildman–Crippen LogP) is 4.93. The fraction of sp³-hybridized carbons (Fsp3) is 0.256. The van der Waals surface area contributed by atoms with Gasteiger partial charge in [-0.1, -0.05) is 24.3 Å². The molecule has 0 amide bonds. The molecule has 6 aromatic heterocycles. The molecule has 1 aliphatic rings. The average Bonchev–Trinajstić information content (AvgIpc) is 4.12. The van der Waals surface area contributed by atoms with Crippen LogP contribution < -0.4 is 11.1 Å². The zero-order chi connectivity index (χ0) is 44.2. The van der Waals surface area contributed by atoms with Crippen LogP contribution in [0.1, 0.15) is 44.7 Å². The van der Waals surface area contributed by atoms with E-state index in [0.717, 1.165) is 13.2 Å². The third-order valence-corrected chi connectivity index (χ3v) is 10.2. The molecule has 0 unspecified atom stereocenters. The van der Waals surface area contributed by atoms with Gasteiger partial charge in [-0.25, -0.2) is 28.3 Å². The number of aryl methyl sites for hydroxylation is 4. The first-order chi connectivity index (χ1) is 29.7. The topological polar surface area (TPSA) is 188 Å². The van der Waals surface area contributed by atoms with Crippen molar-refractivity contribution in [3.05, 3.63) is 141 Å². The molecule has 0 bridgehead atoms. The normalized spacial score (nSPS) is 12.2. The number of carboxylic acid groups (broad SMARTS) is 1. The number of aromatic carboxylic acids is 1. The van der Waals surface area contributed by atoms with Crippen LogP contribution in [0.15, 0.2) is 95.6 Å². The maximum atomic E-state index is 14.8. The van der Waals surface area contributed by atoms with Crippen LogP contribution in [0.5, 0.6) is 0 Å². The molecule has 0 radical (unpaired) electrons. The number of benzene rings is 2. The van der Waals surface area contributed by atoms with E-state index in [9.17, 15) is 33.1 Å². The van der Waals surface area contributed by atoms with E-state index >= 15 is 0 Å². The lowest BCUT2D eigenvalue weighted by Crippen LogP contribution is -2.24. The summed E-state index contributed by atoms with van der Waals surface area (Å²) in [4.78, 5) is 57.5. The third-order valence-electron chi connectivity index (χ3n) is 10.2. The molecule has 8 aromatic rings. The molecular weight excluding hydrogens is 807 g/mol. The van der Waals surface area contributed by atoms with E-state index in [0.29, 0.717) is 28.1 Å². The molecule has 62 heavy (non-hydrogen) atoms. The Morgan fingerprint density at radius 2 is 1.16 bits per heavy atom. The summed E-state index contributed by atoms with van der Waals surface area (Å²) in [6, 6.07) is 12.9. The first-order valence-corrected chi connectivity index (χ1v) is 19.3. The number of nitrogens with zero attached hydrogens (tertiary/aromatic N) is 10. The highest BCUT2D eigenvalue weighted by Gasteiger charge is 2.21. The highest BCUT2D eigenvalue weighted by molar-refractivity contribution is 6.01. The number of rotatable bonds is 8. The number of halogens is 2. The number of aromatic nitrogens is 10. The van der Waals surface area contributed by atoms with Crippen LogP contribution in [0, 0.1) is 11.6 Å². The Labute approximate surface area is 351 Å². The molecule has 7 heterocycles. The van der Waals surface area contributed by atoms with Crippen molar-refractivity contribution in [1.29, 1.82) is 0 Å². The van der Waals surface area contributed by atoms with Crippen molar-refractivity contribution in [2.24, 2.45) is 28.2 Å². The lowest BCUT2D eigenvalue weighted by molar-refractivity contribution is 0.0600. The smallest absolute Gasteiger partial charge is 0.341 e. The predicted molar refractivity (Wildman–Crippen MR) is 224 cm³/mol. The monoisotopic (exact) mass is 848 g/mol. The Morgan fingerprint density at radius 1 is 0.710 bits per heavy atom. The first-order valence-electron chi connectivity index (χ1n) is 19.3. The van der Waals surface area contributed by atoms with Gasteiger partial charge in [-0.05, 0) is 37.1 Å². The van der Waals surface area contributed by atoms with Crippen LogP contribution in [-0.4, -0.2) is 85.2 Å². The van der Waals surface area contributed by atoms with Crippen LogP contribution in [-0.2, 0) is 50.8 Å². The number of methoxy groups -OCH3 is 1. The maximum absolute atomic E-state index is 14.8. The Balaban J connectivity index is 0.000000167. The second kappa shape index (κ2) is 18.0. The minimum Gasteiger partial charge on any atom is -0.478 e. The zero-order valence-corrected chi connectivity index (χ0v) is 34.5. The van der Waals surface area contributed by atoms with Crippen molar-refractivity contribution >= 4 is 34.0 Å². The van der Waals surface area contributed by atoms with Crippen LogP contribution in [0.2, 0.25) is 0 Å². The SMILES string of the molecule is C1CCOC1.COC(=O)c1cn(Cc2ccc(-c3ccn(C)n3)cc2F)c(=O)c2c1ncn2C.Cn1ccc(-c2ccc(Cn3cc(C(=O)O)c4ncn(C)c4c3=O)c(F)c2)n1. The average molecular weight is 849 g/mol. The van der Waals surface area contributed by atoms with Gasteiger partial charge in [0.05, 0.1) is 44.2 Å². The summed E-state index contributed by atoms with van der Waals surface area (Å²) in [5.74, 6) is -2.79. The quantitative estimate of drug-likeness (QED) is 0.204. The fourth-order valence-corrected chi connectivity index (χ4v) is 6.92. The van der Waals surface area contributed by atoms with E-state index in [-0.39, 0.29) is 57.4 Å². The molecule has 320 valence electrons. The molecular formula is C43H42F2N10O7. The third kappa shape index (κ3) is 8.83. The van der Waals surface area contributed by atoms with Crippen molar-refractivity contribution in [3.8, 4) is 22.5 Å². The number of fused-ring (bicyclic) bond motifs is 2. The molecule has 0 aliphatic carbocycles. The number of pyridine rings is 2. The Bertz CT molecular complexity index is 3070. The molecule has 1 aliphatic heterocycles. The Morgan fingerprint density at radius 3 is 1.53 bits per heavy atom. The van der Waals surface area contributed by atoms with Gasteiger partial charge in [0.2, 0.25) is 0 Å². The van der Waals surface area contributed by atoms with Gasteiger partial charge >= 0.3 is 11.9 Å². The minimum atomic E-state index is -1.21. The molecule has 9 rings (SSSR count). The summed E-state index contributed by atoms with van der Waals surface area (Å²) in [6.07, 6.45) is 11.5. The number of carbonyl (C=O) groups excluding carboxylic acids is 1. The number of hydrogen-bond donors (Lipinski definition) is 1. The van der Waals surface area contributed by atoms with E-state index in [4.69, 9.17) is 9.47 Å². The summed E-state index contributed by atoms with van der Waals surface area (Å²) < 4.78 is 47.9. The zero-order valence-electron chi connectivity index (χ0n) is 34.5. The van der Waals surface area contributed by atoms with Crippen molar-refractivity contribution in [1.82, 2.24) is 47.8 Å². The highest BCUT2D eigenvalue weighted by Crippen LogP contribution is 2.23. The second-order valence-corrected chi connectivity index (χ2v) is 14.5. The van der Waals surface area contributed by atoms with Gasteiger partial charge in [0.1, 0.15) is 44.8 Å². The lowest BCUT2D eigenvalue weighted by atomic mass is 10.1. The molecule has 2 aromatic carbocycles. The molecule has 1 saturated heterocycles. The van der Waals surface area contributed by atoms with E-state index < -0.39 is 29.1 Å². The fourth-order valence-electron chi connectivity index (χ4n) is 6.92. The van der Waals surface area contributed by atoms with Crippen LogP contribution in [0.4, 0.5) is 8.78 Å². The van der Waals surface area contributed by atoms with Crippen LogP contribution in [0.3, 0.4) is 0 Å². The number of esters is 1. The Hall–Kier alpha value is -7.54. The number of ether oxygens (including phenoxy) is 2. The van der Waals surface area contributed by atoms with Gasteiger partial charge in [0.15, 0.2) is 0 Å². The number of hydrogen-bond acceptors (Lipinski definition) is 10. The van der Waals surface area contributed by atoms with Crippen molar-refractivity contribution < 1.29 is 33.0 Å². The molecule has 1 N–H and O–H groups in total. The molecule has 1 fully saturated rings. The van der Waals surface area contributed by atoms with Crippen LogP contribution >= 0.6 is 0 Å². The molecule has 0 spiro atoms. The maximum Gasteiger partial charge on any atom is 0.341 e. The Kier molecular flexibility index (Phi) is 12.3. The second-order valence-electron chi connectivity index (χ2n) is 14.5. The van der Waals surface area contributed by atoms with Crippen molar-refractivity contribution in [3.63, 3.8) is 0 Å². The van der Waals surface area contributed by atoms with Crippen molar-refractivity contribution in [2.75, 3.05) is 20.3 Å². The van der Waals surface area contributed by atoms with E-state index in [1.807, 2.05) is 0 Å². The summed E-state index contributed by atoms with van der Waals surface area (Å²) in [7, 11) is 8.07. The summed E-state index contributed by atoms with van der Waals surface area (Å²) >= 11 is 0. The minimum absolute atomic E-state index is 0.0434. The molecule has 0 saturated carbocycles.